The first-order chi connectivity index (χ1) is 7.58. The fourth-order valence-corrected chi connectivity index (χ4v) is 2.45. The van der Waals surface area contributed by atoms with Crippen LogP contribution in [0.2, 0.25) is 0 Å². The van der Waals surface area contributed by atoms with Crippen molar-refractivity contribution in [1.29, 1.82) is 0 Å². The molecule has 0 aliphatic carbocycles. The number of halogens is 1. The summed E-state index contributed by atoms with van der Waals surface area (Å²) in [6.45, 7) is 9.37. The summed E-state index contributed by atoms with van der Waals surface area (Å²) in [5.41, 5.74) is 8.04. The van der Waals surface area contributed by atoms with Crippen molar-refractivity contribution in [3.63, 3.8) is 0 Å². The lowest BCUT2D eigenvalue weighted by molar-refractivity contribution is 0.618. The second kappa shape index (κ2) is 6.26. The molecule has 3 heteroatoms. The van der Waals surface area contributed by atoms with Gasteiger partial charge in [-0.3, -0.25) is 0 Å². The lowest BCUT2D eigenvalue weighted by atomic mass is 10.1. The molecule has 0 spiro atoms. The van der Waals surface area contributed by atoms with E-state index in [1.165, 1.54) is 5.69 Å². The van der Waals surface area contributed by atoms with Gasteiger partial charge in [0.25, 0.3) is 0 Å². The monoisotopic (exact) mass is 284 g/mol. The Morgan fingerprint density at radius 1 is 1.38 bits per heavy atom. The molecule has 1 aromatic rings. The molecule has 0 saturated carbocycles. The van der Waals surface area contributed by atoms with E-state index in [1.807, 2.05) is 0 Å². The average Bonchev–Trinajstić information content (AvgIpc) is 2.25. The summed E-state index contributed by atoms with van der Waals surface area (Å²) in [5.74, 6) is 0.668. The molecule has 90 valence electrons. The summed E-state index contributed by atoms with van der Waals surface area (Å²) in [7, 11) is 0. The van der Waals surface area contributed by atoms with Crippen molar-refractivity contribution < 1.29 is 0 Å². The number of rotatable bonds is 5. The van der Waals surface area contributed by atoms with Gasteiger partial charge in [0.15, 0.2) is 0 Å². The van der Waals surface area contributed by atoms with Crippen molar-refractivity contribution in [2.45, 2.75) is 27.3 Å². The molecule has 1 aromatic carbocycles. The first-order valence-corrected chi connectivity index (χ1v) is 6.61. The summed E-state index contributed by atoms with van der Waals surface area (Å²) in [6, 6.07) is 6.36. The summed E-state index contributed by atoms with van der Waals surface area (Å²) in [6.07, 6.45) is 0. The minimum Gasteiger partial charge on any atom is -0.371 e. The van der Waals surface area contributed by atoms with Crippen LogP contribution in [-0.4, -0.2) is 13.1 Å². The normalized spacial score (nSPS) is 10.9. The van der Waals surface area contributed by atoms with Crippen LogP contribution in [0.3, 0.4) is 0 Å². The molecule has 0 radical (unpaired) electrons. The SMILES string of the molecule is CCN(CC(C)C)c1ccc(CN)cc1Br. The summed E-state index contributed by atoms with van der Waals surface area (Å²) < 4.78 is 1.14. The van der Waals surface area contributed by atoms with Crippen molar-refractivity contribution in [2.24, 2.45) is 11.7 Å². The zero-order valence-electron chi connectivity index (χ0n) is 10.3. The van der Waals surface area contributed by atoms with Gasteiger partial charge in [-0.15, -0.1) is 0 Å². The Bertz CT molecular complexity index is 337. The number of anilines is 1. The fraction of sp³-hybridized carbons (Fsp3) is 0.538. The quantitative estimate of drug-likeness (QED) is 0.898. The van der Waals surface area contributed by atoms with Gasteiger partial charge in [-0.1, -0.05) is 19.9 Å². The van der Waals surface area contributed by atoms with E-state index >= 15 is 0 Å². The van der Waals surface area contributed by atoms with Crippen LogP contribution < -0.4 is 10.6 Å². The van der Waals surface area contributed by atoms with Gasteiger partial charge in [-0.2, -0.15) is 0 Å². The Morgan fingerprint density at radius 3 is 2.50 bits per heavy atom. The second-order valence-corrected chi connectivity index (χ2v) is 5.28. The van der Waals surface area contributed by atoms with Crippen LogP contribution >= 0.6 is 15.9 Å². The highest BCUT2D eigenvalue weighted by atomic mass is 79.9. The summed E-state index contributed by atoms with van der Waals surface area (Å²) >= 11 is 3.62. The third-order valence-electron chi connectivity index (χ3n) is 2.56. The van der Waals surface area contributed by atoms with Gasteiger partial charge in [0.1, 0.15) is 0 Å². The smallest absolute Gasteiger partial charge is 0.0510 e. The Labute approximate surface area is 107 Å². The molecule has 1 rings (SSSR count). The second-order valence-electron chi connectivity index (χ2n) is 4.42. The Balaban J connectivity index is 2.92. The molecule has 0 bridgehead atoms. The van der Waals surface area contributed by atoms with Gasteiger partial charge < -0.3 is 10.6 Å². The van der Waals surface area contributed by atoms with Crippen LogP contribution in [0.4, 0.5) is 5.69 Å². The first kappa shape index (κ1) is 13.5. The van der Waals surface area contributed by atoms with Crippen molar-refractivity contribution in [3.05, 3.63) is 28.2 Å². The van der Waals surface area contributed by atoms with E-state index in [0.717, 1.165) is 23.1 Å². The molecule has 0 aliphatic heterocycles. The Morgan fingerprint density at radius 2 is 2.06 bits per heavy atom. The average molecular weight is 285 g/mol. The van der Waals surface area contributed by atoms with E-state index in [9.17, 15) is 0 Å². The van der Waals surface area contributed by atoms with Crippen LogP contribution in [-0.2, 0) is 6.54 Å². The summed E-state index contributed by atoms with van der Waals surface area (Å²) in [5, 5.41) is 0. The van der Waals surface area contributed by atoms with Gasteiger partial charge in [-0.25, -0.2) is 0 Å². The first-order valence-electron chi connectivity index (χ1n) is 5.81. The maximum Gasteiger partial charge on any atom is 0.0510 e. The van der Waals surface area contributed by atoms with Crippen LogP contribution in [0.15, 0.2) is 22.7 Å². The van der Waals surface area contributed by atoms with Gasteiger partial charge >= 0.3 is 0 Å². The van der Waals surface area contributed by atoms with Crippen LogP contribution in [0.25, 0.3) is 0 Å². The molecule has 0 heterocycles. The van der Waals surface area contributed by atoms with Crippen molar-refractivity contribution in [1.82, 2.24) is 0 Å². The molecule has 2 N–H and O–H groups in total. The lowest BCUT2D eigenvalue weighted by Crippen LogP contribution is -2.27. The highest BCUT2D eigenvalue weighted by molar-refractivity contribution is 9.10. The van der Waals surface area contributed by atoms with Crippen LogP contribution in [0.5, 0.6) is 0 Å². The topological polar surface area (TPSA) is 29.3 Å². The lowest BCUT2D eigenvalue weighted by Gasteiger charge is -2.26. The maximum absolute atomic E-state index is 5.62. The molecular weight excluding hydrogens is 264 g/mol. The maximum atomic E-state index is 5.62. The molecule has 0 aliphatic rings. The Hall–Kier alpha value is -0.540. The third-order valence-corrected chi connectivity index (χ3v) is 3.19. The van der Waals surface area contributed by atoms with E-state index in [0.29, 0.717) is 12.5 Å². The van der Waals surface area contributed by atoms with E-state index in [2.05, 4.69) is 59.8 Å². The zero-order valence-corrected chi connectivity index (χ0v) is 11.9. The molecular formula is C13H21BrN2. The van der Waals surface area contributed by atoms with Gasteiger partial charge in [0.05, 0.1) is 5.69 Å². The zero-order chi connectivity index (χ0) is 12.1. The molecule has 0 atom stereocenters. The number of hydrogen-bond acceptors (Lipinski definition) is 2. The molecule has 16 heavy (non-hydrogen) atoms. The molecule has 0 fully saturated rings. The number of hydrogen-bond donors (Lipinski definition) is 1. The van der Waals surface area contributed by atoms with Crippen molar-refractivity contribution >= 4 is 21.6 Å². The van der Waals surface area contributed by atoms with E-state index < -0.39 is 0 Å². The fourth-order valence-electron chi connectivity index (χ4n) is 1.77. The third kappa shape index (κ3) is 3.49. The number of benzene rings is 1. The van der Waals surface area contributed by atoms with Crippen molar-refractivity contribution in [2.75, 3.05) is 18.0 Å². The predicted molar refractivity (Wildman–Crippen MR) is 74.8 cm³/mol. The number of nitrogens with two attached hydrogens (primary N) is 1. The molecule has 2 nitrogen and oxygen atoms in total. The molecule has 0 saturated heterocycles. The standard InChI is InChI=1S/C13H21BrN2/c1-4-16(9-10(2)3)13-6-5-11(8-15)7-12(13)14/h5-7,10H,4,8-9,15H2,1-3H3. The molecule has 0 unspecified atom stereocenters. The van der Waals surface area contributed by atoms with E-state index in [4.69, 9.17) is 5.73 Å². The van der Waals surface area contributed by atoms with Crippen LogP contribution in [0.1, 0.15) is 26.3 Å². The van der Waals surface area contributed by atoms with Gasteiger partial charge in [-0.05, 0) is 46.5 Å². The largest absolute Gasteiger partial charge is 0.371 e. The predicted octanol–water partition coefficient (Wildman–Crippen LogP) is 3.39. The van der Waals surface area contributed by atoms with Crippen molar-refractivity contribution in [3.8, 4) is 0 Å². The number of nitrogens with zero attached hydrogens (tertiary/aromatic N) is 1. The summed E-state index contributed by atoms with van der Waals surface area (Å²) in [4.78, 5) is 2.38. The highest BCUT2D eigenvalue weighted by Crippen LogP contribution is 2.27. The van der Waals surface area contributed by atoms with E-state index in [-0.39, 0.29) is 0 Å². The van der Waals surface area contributed by atoms with Gasteiger partial charge in [0.2, 0.25) is 0 Å². The van der Waals surface area contributed by atoms with E-state index in [1.54, 1.807) is 0 Å². The van der Waals surface area contributed by atoms with Gasteiger partial charge in [0, 0.05) is 24.1 Å². The highest BCUT2D eigenvalue weighted by Gasteiger charge is 2.10. The minimum absolute atomic E-state index is 0.592. The van der Waals surface area contributed by atoms with Crippen LogP contribution in [0, 0.1) is 5.92 Å². The minimum atomic E-state index is 0.592. The molecule has 0 amide bonds. The Kier molecular flexibility index (Phi) is 5.29. The molecule has 0 aromatic heterocycles.